The Morgan fingerprint density at radius 1 is 1.67 bits per heavy atom. The van der Waals surface area contributed by atoms with E-state index < -0.39 is 0 Å². The van der Waals surface area contributed by atoms with E-state index in [0.717, 1.165) is 12.1 Å². The van der Waals surface area contributed by atoms with Crippen LogP contribution in [-0.2, 0) is 9.53 Å². The standard InChI is InChI=1S/C11H13NO3/c1-2-15-11(14)9-5-8(9)10-4-3-7(13)6-12-10/h3-4,6,8-9,13H,2,5H2,1H3/t8-,9-/m1/s1. The van der Waals surface area contributed by atoms with Crippen molar-refractivity contribution < 1.29 is 14.6 Å². The van der Waals surface area contributed by atoms with Gasteiger partial charge in [-0.25, -0.2) is 0 Å². The van der Waals surface area contributed by atoms with E-state index in [9.17, 15) is 4.79 Å². The largest absolute Gasteiger partial charge is 0.506 e. The number of nitrogens with zero attached hydrogens (tertiary/aromatic N) is 1. The second-order valence-electron chi connectivity index (χ2n) is 3.64. The number of aromatic hydroxyl groups is 1. The molecule has 80 valence electrons. The summed E-state index contributed by atoms with van der Waals surface area (Å²) in [5.74, 6) is 0.135. The fourth-order valence-corrected chi connectivity index (χ4v) is 1.65. The Bertz CT molecular complexity index is 361. The Morgan fingerprint density at radius 3 is 3.07 bits per heavy atom. The number of ether oxygens (including phenoxy) is 1. The highest BCUT2D eigenvalue weighted by atomic mass is 16.5. The molecule has 0 aliphatic heterocycles. The van der Waals surface area contributed by atoms with Gasteiger partial charge in [0.2, 0.25) is 0 Å². The van der Waals surface area contributed by atoms with Crippen molar-refractivity contribution >= 4 is 5.97 Å². The zero-order chi connectivity index (χ0) is 10.8. The van der Waals surface area contributed by atoms with Gasteiger partial charge in [-0.05, 0) is 25.5 Å². The third-order valence-electron chi connectivity index (χ3n) is 2.53. The van der Waals surface area contributed by atoms with E-state index in [-0.39, 0.29) is 23.6 Å². The molecule has 4 heteroatoms. The SMILES string of the molecule is CCOC(=O)[C@@H]1C[C@H]1c1ccc(O)cn1. The van der Waals surface area contributed by atoms with Crippen LogP contribution in [0.25, 0.3) is 0 Å². The molecule has 1 heterocycles. The van der Waals surface area contributed by atoms with Crippen molar-refractivity contribution in [3.8, 4) is 5.75 Å². The van der Waals surface area contributed by atoms with Crippen LogP contribution in [0.4, 0.5) is 0 Å². The summed E-state index contributed by atoms with van der Waals surface area (Å²) in [6, 6.07) is 3.34. The predicted octanol–water partition coefficient (Wildman–Crippen LogP) is 1.45. The van der Waals surface area contributed by atoms with Crippen LogP contribution < -0.4 is 0 Å². The topological polar surface area (TPSA) is 59.4 Å². The van der Waals surface area contributed by atoms with Gasteiger partial charge in [-0.2, -0.15) is 0 Å². The summed E-state index contributed by atoms with van der Waals surface area (Å²) >= 11 is 0. The Labute approximate surface area is 87.9 Å². The van der Waals surface area contributed by atoms with Crippen LogP contribution in [0.2, 0.25) is 0 Å². The highest BCUT2D eigenvalue weighted by Gasteiger charge is 2.46. The lowest BCUT2D eigenvalue weighted by atomic mass is 10.2. The Kier molecular flexibility index (Phi) is 2.58. The molecule has 1 N–H and O–H groups in total. The predicted molar refractivity (Wildman–Crippen MR) is 53.4 cm³/mol. The fraction of sp³-hybridized carbons (Fsp3) is 0.455. The molecule has 1 fully saturated rings. The molecule has 0 radical (unpaired) electrons. The van der Waals surface area contributed by atoms with Crippen molar-refractivity contribution in [3.63, 3.8) is 0 Å². The number of rotatable bonds is 3. The molecule has 1 aliphatic carbocycles. The van der Waals surface area contributed by atoms with E-state index in [1.165, 1.54) is 6.20 Å². The van der Waals surface area contributed by atoms with E-state index in [1.54, 1.807) is 19.1 Å². The molecule has 1 aromatic heterocycles. The number of carbonyl (C=O) groups excluding carboxylic acids is 1. The van der Waals surface area contributed by atoms with E-state index >= 15 is 0 Å². The van der Waals surface area contributed by atoms with E-state index in [4.69, 9.17) is 9.84 Å². The van der Waals surface area contributed by atoms with Crippen LogP contribution in [0.15, 0.2) is 18.3 Å². The second kappa shape index (κ2) is 3.88. The van der Waals surface area contributed by atoms with Gasteiger partial charge in [-0.3, -0.25) is 9.78 Å². The second-order valence-corrected chi connectivity index (χ2v) is 3.64. The third kappa shape index (κ3) is 2.09. The summed E-state index contributed by atoms with van der Waals surface area (Å²) < 4.78 is 4.93. The number of esters is 1. The smallest absolute Gasteiger partial charge is 0.309 e. The summed E-state index contributed by atoms with van der Waals surface area (Å²) in [7, 11) is 0. The average molecular weight is 207 g/mol. The Hall–Kier alpha value is -1.58. The quantitative estimate of drug-likeness (QED) is 0.762. The first-order valence-electron chi connectivity index (χ1n) is 5.04. The van der Waals surface area contributed by atoms with E-state index in [2.05, 4.69) is 4.98 Å². The van der Waals surface area contributed by atoms with Crippen molar-refractivity contribution in [2.24, 2.45) is 5.92 Å². The zero-order valence-corrected chi connectivity index (χ0v) is 8.51. The number of hydrogen-bond donors (Lipinski definition) is 1. The van der Waals surface area contributed by atoms with Crippen molar-refractivity contribution in [1.29, 1.82) is 0 Å². The summed E-state index contributed by atoms with van der Waals surface area (Å²) in [5, 5.41) is 9.06. The van der Waals surface area contributed by atoms with Crippen LogP contribution in [0, 0.1) is 5.92 Å². The van der Waals surface area contributed by atoms with Crippen LogP contribution in [-0.4, -0.2) is 22.7 Å². The Morgan fingerprint density at radius 2 is 2.47 bits per heavy atom. The minimum atomic E-state index is -0.141. The van der Waals surface area contributed by atoms with E-state index in [0.29, 0.717) is 6.61 Å². The van der Waals surface area contributed by atoms with Gasteiger partial charge in [0.1, 0.15) is 5.75 Å². The summed E-state index contributed by atoms with van der Waals surface area (Å²) in [6.07, 6.45) is 2.20. The molecule has 0 saturated heterocycles. The summed E-state index contributed by atoms with van der Waals surface area (Å²) in [4.78, 5) is 15.4. The maximum absolute atomic E-state index is 11.4. The molecule has 0 unspecified atom stereocenters. The number of pyridine rings is 1. The molecular weight excluding hydrogens is 194 g/mol. The monoisotopic (exact) mass is 207 g/mol. The molecule has 0 amide bonds. The minimum Gasteiger partial charge on any atom is -0.506 e. The maximum Gasteiger partial charge on any atom is 0.309 e. The van der Waals surface area contributed by atoms with Crippen LogP contribution in [0.5, 0.6) is 5.75 Å². The average Bonchev–Trinajstić information content (AvgIpc) is 2.99. The molecule has 1 aromatic rings. The van der Waals surface area contributed by atoms with Crippen LogP contribution in [0.1, 0.15) is 25.0 Å². The van der Waals surface area contributed by atoms with Gasteiger partial charge >= 0.3 is 5.97 Å². The Balaban J connectivity index is 1.98. The normalized spacial score (nSPS) is 23.5. The van der Waals surface area contributed by atoms with Crippen molar-refractivity contribution in [2.75, 3.05) is 6.61 Å². The number of carbonyl (C=O) groups is 1. The van der Waals surface area contributed by atoms with Crippen molar-refractivity contribution in [2.45, 2.75) is 19.3 Å². The molecule has 2 atom stereocenters. The van der Waals surface area contributed by atoms with Gasteiger partial charge in [0.25, 0.3) is 0 Å². The van der Waals surface area contributed by atoms with Crippen LogP contribution >= 0.6 is 0 Å². The molecule has 1 saturated carbocycles. The molecule has 0 spiro atoms. The van der Waals surface area contributed by atoms with Gasteiger partial charge in [0, 0.05) is 11.6 Å². The summed E-state index contributed by atoms with van der Waals surface area (Å²) in [5.41, 5.74) is 0.853. The molecule has 2 rings (SSSR count). The molecule has 1 aliphatic rings. The van der Waals surface area contributed by atoms with Gasteiger partial charge in [0.15, 0.2) is 0 Å². The van der Waals surface area contributed by atoms with Gasteiger partial charge in [0.05, 0.1) is 18.7 Å². The number of aromatic nitrogens is 1. The minimum absolute atomic E-state index is 0.0398. The zero-order valence-electron chi connectivity index (χ0n) is 8.51. The highest BCUT2D eigenvalue weighted by Crippen LogP contribution is 2.47. The fourth-order valence-electron chi connectivity index (χ4n) is 1.65. The van der Waals surface area contributed by atoms with Crippen LogP contribution in [0.3, 0.4) is 0 Å². The highest BCUT2D eigenvalue weighted by molar-refractivity contribution is 5.77. The lowest BCUT2D eigenvalue weighted by Gasteiger charge is -2.00. The first-order chi connectivity index (χ1) is 7.22. The maximum atomic E-state index is 11.4. The first kappa shape index (κ1) is 9.96. The lowest BCUT2D eigenvalue weighted by molar-refractivity contribution is -0.144. The van der Waals surface area contributed by atoms with E-state index in [1.807, 2.05) is 0 Å². The molecular formula is C11H13NO3. The van der Waals surface area contributed by atoms with Gasteiger partial charge in [-0.1, -0.05) is 0 Å². The summed E-state index contributed by atoms with van der Waals surface area (Å²) in [6.45, 7) is 2.22. The van der Waals surface area contributed by atoms with Crippen molar-refractivity contribution in [3.05, 3.63) is 24.0 Å². The van der Waals surface area contributed by atoms with Crippen molar-refractivity contribution in [1.82, 2.24) is 4.98 Å². The molecule has 15 heavy (non-hydrogen) atoms. The lowest BCUT2D eigenvalue weighted by Crippen LogP contribution is -2.07. The van der Waals surface area contributed by atoms with Gasteiger partial charge < -0.3 is 9.84 Å². The molecule has 0 bridgehead atoms. The molecule has 4 nitrogen and oxygen atoms in total. The molecule has 0 aromatic carbocycles. The van der Waals surface area contributed by atoms with Gasteiger partial charge in [-0.15, -0.1) is 0 Å². The first-order valence-corrected chi connectivity index (χ1v) is 5.04. The third-order valence-corrected chi connectivity index (χ3v) is 2.53. The number of hydrogen-bond acceptors (Lipinski definition) is 4.